The van der Waals surface area contributed by atoms with E-state index >= 15 is 0 Å². The van der Waals surface area contributed by atoms with Gasteiger partial charge in [0.15, 0.2) is 14.8 Å². The number of ketones is 1. The minimum absolute atomic E-state index is 0.202. The lowest BCUT2D eigenvalue weighted by Crippen LogP contribution is -2.00. The molecule has 0 saturated carbocycles. The molecule has 0 unspecified atom stereocenters. The Hall–Kier alpha value is -3.16. The van der Waals surface area contributed by atoms with Crippen molar-refractivity contribution in [1.82, 2.24) is 4.98 Å². The lowest BCUT2D eigenvalue weighted by molar-refractivity contribution is 0.103. The molecule has 0 fully saturated rings. The zero-order chi connectivity index (χ0) is 22.2. The first kappa shape index (κ1) is 21.1. The molecule has 0 atom stereocenters. The summed E-state index contributed by atoms with van der Waals surface area (Å²) in [6, 6.07) is 19.6. The Kier molecular flexibility index (Phi) is 5.56. The fourth-order valence-corrected chi connectivity index (χ4v) is 4.78. The summed E-state index contributed by atoms with van der Waals surface area (Å²) in [5.41, 5.74) is 3.53. The van der Waals surface area contributed by atoms with E-state index in [1.54, 1.807) is 36.4 Å². The van der Waals surface area contributed by atoms with E-state index in [0.29, 0.717) is 26.7 Å². The molecule has 1 aromatic heterocycles. The molecule has 0 amide bonds. The summed E-state index contributed by atoms with van der Waals surface area (Å²) in [5, 5.41) is 0.311. The molecule has 156 valence electrons. The minimum atomic E-state index is -3.32. The van der Waals surface area contributed by atoms with Crippen LogP contribution in [0.4, 0.5) is 4.39 Å². The van der Waals surface area contributed by atoms with Gasteiger partial charge in [-0.15, -0.1) is 11.3 Å². The van der Waals surface area contributed by atoms with Crippen LogP contribution in [0.3, 0.4) is 0 Å². The summed E-state index contributed by atoms with van der Waals surface area (Å²) in [7, 11) is -3.32. The van der Waals surface area contributed by atoms with Crippen LogP contribution in [0.2, 0.25) is 0 Å². The molecule has 0 N–H and O–H groups in total. The molecule has 0 saturated heterocycles. The van der Waals surface area contributed by atoms with Gasteiger partial charge < -0.3 is 0 Å². The highest BCUT2D eigenvalue weighted by molar-refractivity contribution is 7.90. The molecule has 0 aliphatic carbocycles. The normalized spacial score (nSPS) is 11.5. The van der Waals surface area contributed by atoms with Gasteiger partial charge in [0.1, 0.15) is 5.82 Å². The molecule has 0 aliphatic rings. The monoisotopic (exact) mass is 451 g/mol. The van der Waals surface area contributed by atoms with Crippen LogP contribution in [-0.4, -0.2) is 25.4 Å². The highest BCUT2D eigenvalue weighted by atomic mass is 32.2. The van der Waals surface area contributed by atoms with Crippen molar-refractivity contribution in [3.05, 3.63) is 94.7 Å². The molecule has 4 aromatic rings. The number of nitrogens with zero attached hydrogens (tertiary/aromatic N) is 1. The molecule has 0 bridgehead atoms. The van der Waals surface area contributed by atoms with Gasteiger partial charge in [-0.05, 0) is 48.9 Å². The van der Waals surface area contributed by atoms with Gasteiger partial charge in [-0.3, -0.25) is 4.79 Å². The lowest BCUT2D eigenvalue weighted by atomic mass is 10.1. The van der Waals surface area contributed by atoms with Crippen molar-refractivity contribution in [2.45, 2.75) is 11.8 Å². The number of hydrogen-bond donors (Lipinski definition) is 0. The second-order valence-corrected chi connectivity index (χ2v) is 10.2. The summed E-state index contributed by atoms with van der Waals surface area (Å²) in [6.07, 6.45) is 1.15. The molecule has 1 heterocycles. The predicted octanol–water partition coefficient (Wildman–Crippen LogP) is 5.56. The third-order valence-corrected chi connectivity index (χ3v) is 7.03. The van der Waals surface area contributed by atoms with Gasteiger partial charge in [0.05, 0.1) is 15.5 Å². The van der Waals surface area contributed by atoms with Gasteiger partial charge in [-0.2, -0.15) is 0 Å². The van der Waals surface area contributed by atoms with E-state index in [0.717, 1.165) is 17.4 Å². The average Bonchev–Trinajstić information content (AvgIpc) is 3.19. The Morgan fingerprint density at radius 3 is 2.03 bits per heavy atom. The van der Waals surface area contributed by atoms with Crippen molar-refractivity contribution in [2.75, 3.05) is 6.26 Å². The molecule has 0 aliphatic heterocycles. The van der Waals surface area contributed by atoms with E-state index in [-0.39, 0.29) is 16.5 Å². The second kappa shape index (κ2) is 8.17. The molecule has 31 heavy (non-hydrogen) atoms. The topological polar surface area (TPSA) is 64.1 Å². The van der Waals surface area contributed by atoms with Crippen LogP contribution in [0, 0.1) is 12.7 Å². The number of aryl methyl sites for hydroxylation is 1. The summed E-state index contributed by atoms with van der Waals surface area (Å²) in [4.78, 5) is 18.5. The molecule has 4 rings (SSSR count). The van der Waals surface area contributed by atoms with Crippen LogP contribution in [0.5, 0.6) is 0 Å². The number of thiazole rings is 1. The fraction of sp³-hybridized carbons (Fsp3) is 0.0833. The van der Waals surface area contributed by atoms with Gasteiger partial charge in [-0.1, -0.05) is 42.0 Å². The number of hydrogen-bond acceptors (Lipinski definition) is 5. The van der Waals surface area contributed by atoms with Crippen molar-refractivity contribution in [3.8, 4) is 21.7 Å². The quantitative estimate of drug-likeness (QED) is 0.373. The smallest absolute Gasteiger partial charge is 0.221 e. The molecule has 4 nitrogen and oxygen atoms in total. The van der Waals surface area contributed by atoms with Crippen LogP contribution >= 0.6 is 11.3 Å². The summed E-state index contributed by atoms with van der Waals surface area (Å²) >= 11 is 1.23. The van der Waals surface area contributed by atoms with Crippen molar-refractivity contribution >= 4 is 27.0 Å². The van der Waals surface area contributed by atoms with Gasteiger partial charge in [0.25, 0.3) is 0 Å². The SMILES string of the molecule is Cc1ccc(C(=O)c2nc(-c3ccc(F)cc3)c(-c3ccc(S(C)(=O)=O)cc3)s2)cc1. The van der Waals surface area contributed by atoms with Crippen molar-refractivity contribution < 1.29 is 17.6 Å². The Morgan fingerprint density at radius 2 is 1.45 bits per heavy atom. The number of halogens is 1. The molecule has 0 radical (unpaired) electrons. The Morgan fingerprint density at radius 1 is 0.871 bits per heavy atom. The maximum Gasteiger partial charge on any atom is 0.221 e. The molecular formula is C24H18FNO3S2. The fourth-order valence-electron chi connectivity index (χ4n) is 3.10. The average molecular weight is 452 g/mol. The maximum absolute atomic E-state index is 13.4. The number of aromatic nitrogens is 1. The summed E-state index contributed by atoms with van der Waals surface area (Å²) < 4.78 is 37.0. The van der Waals surface area contributed by atoms with Gasteiger partial charge in [-0.25, -0.2) is 17.8 Å². The van der Waals surface area contributed by atoms with E-state index in [1.807, 2.05) is 19.1 Å². The number of carbonyl (C=O) groups is 1. The number of benzene rings is 3. The van der Waals surface area contributed by atoms with E-state index < -0.39 is 9.84 Å². The van der Waals surface area contributed by atoms with E-state index in [9.17, 15) is 17.6 Å². The largest absolute Gasteiger partial charge is 0.286 e. The third kappa shape index (κ3) is 4.47. The Bertz CT molecular complexity index is 1360. The van der Waals surface area contributed by atoms with Gasteiger partial charge in [0.2, 0.25) is 5.78 Å². The highest BCUT2D eigenvalue weighted by Gasteiger charge is 2.21. The van der Waals surface area contributed by atoms with Crippen molar-refractivity contribution in [2.24, 2.45) is 0 Å². The Balaban J connectivity index is 1.83. The molecule has 3 aromatic carbocycles. The van der Waals surface area contributed by atoms with Crippen LogP contribution < -0.4 is 0 Å². The molecule has 0 spiro atoms. The Labute approximate surface area is 184 Å². The highest BCUT2D eigenvalue weighted by Crippen LogP contribution is 2.38. The zero-order valence-electron chi connectivity index (χ0n) is 16.8. The summed E-state index contributed by atoms with van der Waals surface area (Å²) in [5.74, 6) is -0.568. The lowest BCUT2D eigenvalue weighted by Gasteiger charge is -2.04. The standard InChI is InChI=1S/C24H18FNO3S2/c1-15-3-5-17(6-4-15)22(27)24-26-21(16-7-11-19(25)12-8-16)23(30-24)18-9-13-20(14-10-18)31(2,28)29/h3-14H,1-2H3. The van der Waals surface area contributed by atoms with Gasteiger partial charge in [0, 0.05) is 17.4 Å². The first-order chi connectivity index (χ1) is 14.7. The summed E-state index contributed by atoms with van der Waals surface area (Å²) in [6.45, 7) is 1.95. The number of carbonyl (C=O) groups excluding carboxylic acids is 1. The predicted molar refractivity (Wildman–Crippen MR) is 121 cm³/mol. The molecule has 7 heteroatoms. The van der Waals surface area contributed by atoms with Crippen LogP contribution in [0.25, 0.3) is 21.7 Å². The van der Waals surface area contributed by atoms with E-state index in [2.05, 4.69) is 4.98 Å². The van der Waals surface area contributed by atoms with Crippen molar-refractivity contribution in [1.29, 1.82) is 0 Å². The van der Waals surface area contributed by atoms with Crippen LogP contribution in [0.1, 0.15) is 20.9 Å². The molecular weight excluding hydrogens is 433 g/mol. The minimum Gasteiger partial charge on any atom is -0.286 e. The maximum atomic E-state index is 13.4. The van der Waals surface area contributed by atoms with Crippen LogP contribution in [-0.2, 0) is 9.84 Å². The van der Waals surface area contributed by atoms with Crippen molar-refractivity contribution in [3.63, 3.8) is 0 Å². The zero-order valence-corrected chi connectivity index (χ0v) is 18.4. The van der Waals surface area contributed by atoms with Gasteiger partial charge >= 0.3 is 0 Å². The number of rotatable bonds is 5. The first-order valence-electron chi connectivity index (χ1n) is 9.41. The first-order valence-corrected chi connectivity index (χ1v) is 12.1. The second-order valence-electron chi connectivity index (χ2n) is 7.20. The van der Waals surface area contributed by atoms with E-state index in [1.165, 1.54) is 35.6 Å². The third-order valence-electron chi connectivity index (χ3n) is 4.80. The van der Waals surface area contributed by atoms with Crippen LogP contribution in [0.15, 0.2) is 77.7 Å². The van der Waals surface area contributed by atoms with E-state index in [4.69, 9.17) is 0 Å². The number of sulfone groups is 1.